The molecule has 0 N–H and O–H groups in total. The molecular weight excluding hydrogens is 520 g/mol. The van der Waals surface area contributed by atoms with Crippen molar-refractivity contribution in [1.29, 1.82) is 0 Å². The maximum absolute atomic E-state index is 6.96. The van der Waals surface area contributed by atoms with Crippen LogP contribution in [0.4, 0.5) is 11.4 Å². The minimum Gasteiger partial charge on any atom is -0.345 e. The number of halogens is 1. The first kappa shape index (κ1) is 28.6. The van der Waals surface area contributed by atoms with Crippen LogP contribution in [0.25, 0.3) is 21.5 Å². The summed E-state index contributed by atoms with van der Waals surface area (Å²) >= 11 is 6.96. The lowest BCUT2D eigenvalue weighted by Crippen LogP contribution is -2.21. The fraction of sp³-hybridized carbons (Fsp3) is 0.237. The number of allylic oxidation sites excluding steroid dienone is 8. The molecule has 0 saturated heterocycles. The van der Waals surface area contributed by atoms with E-state index in [2.05, 4.69) is 137 Å². The Bertz CT molecular complexity index is 1750. The normalized spacial score (nSPS) is 16.0. The van der Waals surface area contributed by atoms with Gasteiger partial charge in [-0.05, 0) is 122 Å². The summed E-state index contributed by atoms with van der Waals surface area (Å²) in [6.07, 6.45) is 11.7. The Morgan fingerprint density at radius 3 is 2.22 bits per heavy atom. The van der Waals surface area contributed by atoms with Crippen LogP contribution in [0, 0.1) is 13.8 Å². The van der Waals surface area contributed by atoms with Crippen molar-refractivity contribution in [2.75, 3.05) is 11.4 Å². The van der Waals surface area contributed by atoms with Gasteiger partial charge in [-0.2, -0.15) is 0 Å². The molecule has 2 nitrogen and oxygen atoms in total. The van der Waals surface area contributed by atoms with Crippen molar-refractivity contribution in [3.8, 4) is 0 Å². The molecule has 208 valence electrons. The molecule has 0 amide bonds. The summed E-state index contributed by atoms with van der Waals surface area (Å²) in [4.78, 5) is 7.30. The second kappa shape index (κ2) is 12.7. The molecule has 0 radical (unpaired) electrons. The van der Waals surface area contributed by atoms with Crippen LogP contribution in [0.5, 0.6) is 0 Å². The zero-order valence-corrected chi connectivity index (χ0v) is 25.6. The summed E-state index contributed by atoms with van der Waals surface area (Å²) in [5.41, 5.74) is 9.33. The van der Waals surface area contributed by atoms with E-state index in [9.17, 15) is 0 Å². The summed E-state index contributed by atoms with van der Waals surface area (Å²) < 4.78 is 0. The number of hydrogen-bond acceptors (Lipinski definition) is 2. The van der Waals surface area contributed by atoms with Gasteiger partial charge in [-0.3, -0.25) is 4.99 Å². The Balaban J connectivity index is 1.37. The number of hydrogen-bond donors (Lipinski definition) is 0. The number of aliphatic imine (C=N–C) groups is 1. The summed E-state index contributed by atoms with van der Waals surface area (Å²) in [5, 5.41) is 5.95. The van der Waals surface area contributed by atoms with E-state index in [0.29, 0.717) is 0 Å². The standard InChI is InChI=1S/C38H39ClN2/c1-6-41(37-25-23-31-13-8-10-17-35(31)29(37)5)27(3)19-21-33-15-11-14-32(38(33)39)20-18-26(2)40-36-24-22-30-12-7-9-16-34(30)28(36)4/h7-10,12-13,16-25H,6,11,14-15H2,1-5H3/b20-18+,27-19+,33-21+,40-26?. The van der Waals surface area contributed by atoms with Gasteiger partial charge in [0.25, 0.3) is 0 Å². The topological polar surface area (TPSA) is 15.6 Å². The van der Waals surface area contributed by atoms with Crippen LogP contribution in [0.1, 0.15) is 51.2 Å². The lowest BCUT2D eigenvalue weighted by molar-refractivity contribution is 0.792. The molecule has 0 aromatic heterocycles. The van der Waals surface area contributed by atoms with Gasteiger partial charge in [-0.15, -0.1) is 0 Å². The van der Waals surface area contributed by atoms with Crippen molar-refractivity contribution >= 4 is 50.2 Å². The SMILES string of the molecule is CCN(/C(C)=C/C=C1\CCCC(/C=C/C(C)=Nc2ccc3ccccc3c2C)=C1Cl)c1ccc2ccccc2c1C. The number of anilines is 1. The molecule has 0 spiro atoms. The largest absolute Gasteiger partial charge is 0.345 e. The van der Waals surface area contributed by atoms with Gasteiger partial charge < -0.3 is 4.90 Å². The van der Waals surface area contributed by atoms with Gasteiger partial charge in [0.15, 0.2) is 0 Å². The van der Waals surface area contributed by atoms with E-state index in [1.165, 1.54) is 55.2 Å². The number of rotatable bonds is 7. The van der Waals surface area contributed by atoms with Crippen molar-refractivity contribution in [3.05, 3.63) is 130 Å². The van der Waals surface area contributed by atoms with Crippen LogP contribution in [-0.4, -0.2) is 12.3 Å². The average Bonchev–Trinajstić information content (AvgIpc) is 2.99. The Labute approximate surface area is 250 Å². The highest BCUT2D eigenvalue weighted by atomic mass is 35.5. The van der Waals surface area contributed by atoms with Gasteiger partial charge in [0, 0.05) is 28.7 Å². The molecule has 0 fully saturated rings. The molecule has 4 aromatic carbocycles. The van der Waals surface area contributed by atoms with Crippen LogP contribution >= 0.6 is 11.6 Å². The molecule has 0 saturated carbocycles. The first-order valence-electron chi connectivity index (χ1n) is 14.6. The lowest BCUT2D eigenvalue weighted by atomic mass is 9.94. The van der Waals surface area contributed by atoms with Gasteiger partial charge in [-0.25, -0.2) is 0 Å². The summed E-state index contributed by atoms with van der Waals surface area (Å²) in [7, 11) is 0. The van der Waals surface area contributed by atoms with E-state index in [-0.39, 0.29) is 0 Å². The van der Waals surface area contributed by atoms with Crippen molar-refractivity contribution in [2.24, 2.45) is 4.99 Å². The highest BCUT2D eigenvalue weighted by molar-refractivity contribution is 6.32. The molecule has 4 aromatic rings. The second-order valence-corrected chi connectivity index (χ2v) is 11.3. The monoisotopic (exact) mass is 558 g/mol. The molecule has 0 bridgehead atoms. The minimum absolute atomic E-state index is 0.871. The number of benzene rings is 4. The van der Waals surface area contributed by atoms with Gasteiger partial charge >= 0.3 is 0 Å². The smallest absolute Gasteiger partial charge is 0.0668 e. The molecule has 0 unspecified atom stereocenters. The van der Waals surface area contributed by atoms with E-state index in [0.717, 1.165) is 42.2 Å². The molecule has 0 heterocycles. The van der Waals surface area contributed by atoms with E-state index < -0.39 is 0 Å². The van der Waals surface area contributed by atoms with Gasteiger partial charge in [0.2, 0.25) is 0 Å². The first-order chi connectivity index (χ1) is 19.9. The fourth-order valence-corrected chi connectivity index (χ4v) is 6.14. The van der Waals surface area contributed by atoms with Crippen molar-refractivity contribution in [2.45, 2.75) is 53.9 Å². The predicted octanol–water partition coefficient (Wildman–Crippen LogP) is 11.3. The highest BCUT2D eigenvalue weighted by Crippen LogP contribution is 2.34. The van der Waals surface area contributed by atoms with Crippen LogP contribution < -0.4 is 4.90 Å². The Kier molecular flexibility index (Phi) is 8.90. The molecule has 5 rings (SSSR count). The highest BCUT2D eigenvalue weighted by Gasteiger charge is 2.15. The van der Waals surface area contributed by atoms with Gasteiger partial charge in [0.05, 0.1) is 5.69 Å². The quantitative estimate of drug-likeness (QED) is 0.206. The van der Waals surface area contributed by atoms with Crippen molar-refractivity contribution in [1.82, 2.24) is 0 Å². The van der Waals surface area contributed by atoms with E-state index in [1.54, 1.807) is 0 Å². The van der Waals surface area contributed by atoms with E-state index in [1.807, 2.05) is 0 Å². The molecule has 1 aliphatic rings. The Morgan fingerprint density at radius 2 is 1.51 bits per heavy atom. The maximum Gasteiger partial charge on any atom is 0.0668 e. The number of aryl methyl sites for hydroxylation is 2. The maximum atomic E-state index is 6.96. The van der Waals surface area contributed by atoms with Crippen LogP contribution in [0.15, 0.2) is 124 Å². The minimum atomic E-state index is 0.871. The van der Waals surface area contributed by atoms with Gasteiger partial charge in [-0.1, -0.05) is 84.4 Å². The average molecular weight is 559 g/mol. The summed E-state index contributed by atoms with van der Waals surface area (Å²) in [6.45, 7) is 11.7. The molecule has 0 aliphatic heterocycles. The van der Waals surface area contributed by atoms with Crippen molar-refractivity contribution in [3.63, 3.8) is 0 Å². The van der Waals surface area contributed by atoms with Crippen LogP contribution in [-0.2, 0) is 0 Å². The first-order valence-corrected chi connectivity index (χ1v) is 15.0. The predicted molar refractivity (Wildman–Crippen MR) is 181 cm³/mol. The Hall–Kier alpha value is -3.88. The van der Waals surface area contributed by atoms with Crippen LogP contribution in [0.3, 0.4) is 0 Å². The zero-order chi connectivity index (χ0) is 28.9. The van der Waals surface area contributed by atoms with E-state index in [4.69, 9.17) is 16.6 Å². The molecular formula is C38H39ClN2. The van der Waals surface area contributed by atoms with E-state index >= 15 is 0 Å². The number of nitrogens with zero attached hydrogens (tertiary/aromatic N) is 2. The fourth-order valence-electron chi connectivity index (χ4n) is 5.82. The summed E-state index contributed by atoms with van der Waals surface area (Å²) in [5.74, 6) is 0. The number of fused-ring (bicyclic) bond motifs is 2. The van der Waals surface area contributed by atoms with Crippen LogP contribution in [0.2, 0.25) is 0 Å². The summed E-state index contributed by atoms with van der Waals surface area (Å²) in [6, 6.07) is 25.8. The zero-order valence-electron chi connectivity index (χ0n) is 24.8. The third kappa shape index (κ3) is 6.24. The third-order valence-corrected chi connectivity index (χ3v) is 8.66. The molecule has 1 aliphatic carbocycles. The molecule has 0 atom stereocenters. The van der Waals surface area contributed by atoms with Gasteiger partial charge in [0.1, 0.15) is 0 Å². The second-order valence-electron chi connectivity index (χ2n) is 10.9. The Morgan fingerprint density at radius 1 is 0.854 bits per heavy atom. The third-order valence-electron chi connectivity index (χ3n) is 8.18. The lowest BCUT2D eigenvalue weighted by Gasteiger charge is -2.26. The molecule has 3 heteroatoms. The van der Waals surface area contributed by atoms with Crippen molar-refractivity contribution < 1.29 is 0 Å². The molecule has 41 heavy (non-hydrogen) atoms.